The first-order valence-corrected chi connectivity index (χ1v) is 9.25. The molecule has 1 heterocycles. The lowest BCUT2D eigenvalue weighted by atomic mass is 10.2. The Labute approximate surface area is 173 Å². The molecule has 7 heteroatoms. The quantitative estimate of drug-likeness (QED) is 0.403. The van der Waals surface area contributed by atoms with E-state index in [1.54, 1.807) is 26.4 Å². The molecule has 4 aromatic rings. The summed E-state index contributed by atoms with van der Waals surface area (Å²) in [5, 5.41) is 8.12. The molecule has 4 rings (SSSR count). The summed E-state index contributed by atoms with van der Waals surface area (Å²) in [4.78, 5) is 0. The van der Waals surface area contributed by atoms with Gasteiger partial charge in [0.1, 0.15) is 17.2 Å². The van der Waals surface area contributed by atoms with E-state index in [1.165, 1.54) is 0 Å². The van der Waals surface area contributed by atoms with Gasteiger partial charge in [-0.2, -0.15) is 0 Å². The minimum Gasteiger partial charge on any atom is -0.493 e. The van der Waals surface area contributed by atoms with Gasteiger partial charge < -0.3 is 23.4 Å². The monoisotopic (exact) mass is 404 g/mol. The Morgan fingerprint density at radius 3 is 2.17 bits per heavy atom. The van der Waals surface area contributed by atoms with E-state index >= 15 is 0 Å². The fourth-order valence-electron chi connectivity index (χ4n) is 2.77. The van der Waals surface area contributed by atoms with Gasteiger partial charge in [0.05, 0.1) is 14.2 Å². The van der Waals surface area contributed by atoms with Crippen molar-refractivity contribution in [3.63, 3.8) is 0 Å². The van der Waals surface area contributed by atoms with Crippen LogP contribution in [0, 0.1) is 0 Å². The Balaban J connectivity index is 1.37. The Morgan fingerprint density at radius 1 is 0.733 bits per heavy atom. The third-order valence-corrected chi connectivity index (χ3v) is 4.26. The summed E-state index contributed by atoms with van der Waals surface area (Å²) in [5.74, 6) is 4.13. The zero-order chi connectivity index (χ0) is 20.8. The molecule has 0 atom stereocenters. The molecule has 0 aliphatic heterocycles. The van der Waals surface area contributed by atoms with Crippen molar-refractivity contribution in [1.29, 1.82) is 0 Å². The molecule has 152 valence electrons. The lowest BCUT2D eigenvalue weighted by Gasteiger charge is -2.08. The standard InChI is InChI=1S/C23H20N2O5/c1-26-20-13-8-16(14-21(20)27-2)23-25-24-22(30-23)15-28-17-9-11-19(12-10-17)29-18-6-4-3-5-7-18/h3-14H,15H2,1-2H3. The number of hydrogen-bond donors (Lipinski definition) is 0. The number of hydrogen-bond acceptors (Lipinski definition) is 7. The third-order valence-electron chi connectivity index (χ3n) is 4.26. The normalized spacial score (nSPS) is 10.5. The van der Waals surface area contributed by atoms with Crippen LogP contribution in [0.1, 0.15) is 5.89 Å². The minimum absolute atomic E-state index is 0.152. The van der Waals surface area contributed by atoms with Crippen molar-refractivity contribution in [3.05, 3.63) is 78.7 Å². The molecule has 0 aliphatic carbocycles. The second-order valence-corrected chi connectivity index (χ2v) is 6.25. The number of para-hydroxylation sites is 1. The maximum Gasteiger partial charge on any atom is 0.254 e. The first-order valence-electron chi connectivity index (χ1n) is 9.25. The summed E-state index contributed by atoms with van der Waals surface area (Å²) >= 11 is 0. The molecular weight excluding hydrogens is 384 g/mol. The lowest BCUT2D eigenvalue weighted by Crippen LogP contribution is -1.95. The highest BCUT2D eigenvalue weighted by Gasteiger charge is 2.12. The zero-order valence-electron chi connectivity index (χ0n) is 16.6. The predicted molar refractivity (Wildman–Crippen MR) is 110 cm³/mol. The number of aromatic nitrogens is 2. The van der Waals surface area contributed by atoms with Crippen LogP contribution in [0.4, 0.5) is 0 Å². The van der Waals surface area contributed by atoms with Crippen LogP contribution in [0.15, 0.2) is 77.2 Å². The molecule has 1 aromatic heterocycles. The van der Waals surface area contributed by atoms with Crippen molar-refractivity contribution in [1.82, 2.24) is 10.2 Å². The maximum atomic E-state index is 5.77. The maximum absolute atomic E-state index is 5.77. The molecule has 7 nitrogen and oxygen atoms in total. The first-order chi connectivity index (χ1) is 14.7. The summed E-state index contributed by atoms with van der Waals surface area (Å²) in [5.41, 5.74) is 0.730. The SMILES string of the molecule is COc1ccc(-c2nnc(COc3ccc(Oc4ccccc4)cc3)o2)cc1OC. The molecule has 0 unspecified atom stereocenters. The lowest BCUT2D eigenvalue weighted by molar-refractivity contribution is 0.264. The highest BCUT2D eigenvalue weighted by Crippen LogP contribution is 2.32. The second kappa shape index (κ2) is 9.00. The second-order valence-electron chi connectivity index (χ2n) is 6.25. The fraction of sp³-hybridized carbons (Fsp3) is 0.130. The van der Waals surface area contributed by atoms with Gasteiger partial charge in [-0.25, -0.2) is 0 Å². The number of nitrogens with zero attached hydrogens (tertiary/aromatic N) is 2. The fourth-order valence-corrected chi connectivity index (χ4v) is 2.77. The highest BCUT2D eigenvalue weighted by molar-refractivity contribution is 5.59. The largest absolute Gasteiger partial charge is 0.493 e. The van der Waals surface area contributed by atoms with Gasteiger partial charge >= 0.3 is 0 Å². The topological polar surface area (TPSA) is 75.8 Å². The van der Waals surface area contributed by atoms with E-state index in [4.69, 9.17) is 23.4 Å². The van der Waals surface area contributed by atoms with Crippen LogP contribution in [0.25, 0.3) is 11.5 Å². The average Bonchev–Trinajstić information content (AvgIpc) is 3.28. The first kappa shape index (κ1) is 19.3. The van der Waals surface area contributed by atoms with Crippen molar-refractivity contribution in [2.75, 3.05) is 14.2 Å². The van der Waals surface area contributed by atoms with Gasteiger partial charge in [-0.05, 0) is 54.6 Å². The Hall–Kier alpha value is -4.00. The number of ether oxygens (including phenoxy) is 4. The van der Waals surface area contributed by atoms with Crippen LogP contribution >= 0.6 is 0 Å². The van der Waals surface area contributed by atoms with E-state index in [-0.39, 0.29) is 6.61 Å². The van der Waals surface area contributed by atoms with Crippen LogP contribution in [-0.2, 0) is 6.61 Å². The van der Waals surface area contributed by atoms with Gasteiger partial charge in [0.15, 0.2) is 18.1 Å². The van der Waals surface area contributed by atoms with Crippen LogP contribution in [0.2, 0.25) is 0 Å². The molecule has 0 aliphatic rings. The summed E-state index contributed by atoms with van der Waals surface area (Å²) in [6.45, 7) is 0.152. The Bertz CT molecular complexity index is 1090. The molecule has 30 heavy (non-hydrogen) atoms. The summed E-state index contributed by atoms with van der Waals surface area (Å²) in [7, 11) is 3.16. The van der Waals surface area contributed by atoms with Gasteiger partial charge in [0.2, 0.25) is 5.89 Å². The van der Waals surface area contributed by atoms with Crippen LogP contribution in [-0.4, -0.2) is 24.4 Å². The summed E-state index contributed by atoms with van der Waals surface area (Å²) in [6, 6.07) is 22.3. The van der Waals surface area contributed by atoms with Crippen LogP contribution < -0.4 is 18.9 Å². The van der Waals surface area contributed by atoms with Crippen molar-refractivity contribution in [3.8, 4) is 40.2 Å². The van der Waals surface area contributed by atoms with Crippen molar-refractivity contribution in [2.45, 2.75) is 6.61 Å². The van der Waals surface area contributed by atoms with E-state index in [1.807, 2.05) is 60.7 Å². The highest BCUT2D eigenvalue weighted by atomic mass is 16.5. The molecule has 0 amide bonds. The average molecular weight is 404 g/mol. The van der Waals surface area contributed by atoms with E-state index in [2.05, 4.69) is 10.2 Å². The van der Waals surface area contributed by atoms with E-state index in [0.717, 1.165) is 17.1 Å². The molecule has 0 bridgehead atoms. The van der Waals surface area contributed by atoms with Crippen LogP contribution in [0.3, 0.4) is 0 Å². The minimum atomic E-state index is 0.152. The molecular formula is C23H20N2O5. The van der Waals surface area contributed by atoms with Gasteiger partial charge in [0.25, 0.3) is 5.89 Å². The molecule has 0 fully saturated rings. The van der Waals surface area contributed by atoms with E-state index in [0.29, 0.717) is 29.0 Å². The zero-order valence-corrected chi connectivity index (χ0v) is 16.6. The molecule has 0 radical (unpaired) electrons. The van der Waals surface area contributed by atoms with E-state index < -0.39 is 0 Å². The number of methoxy groups -OCH3 is 2. The van der Waals surface area contributed by atoms with Crippen molar-refractivity contribution in [2.24, 2.45) is 0 Å². The molecule has 0 saturated heterocycles. The van der Waals surface area contributed by atoms with Gasteiger partial charge in [-0.15, -0.1) is 10.2 Å². The van der Waals surface area contributed by atoms with Crippen LogP contribution in [0.5, 0.6) is 28.7 Å². The Morgan fingerprint density at radius 2 is 1.43 bits per heavy atom. The summed E-state index contributed by atoms with van der Waals surface area (Å²) in [6.07, 6.45) is 0. The van der Waals surface area contributed by atoms with Gasteiger partial charge in [-0.1, -0.05) is 18.2 Å². The summed E-state index contributed by atoms with van der Waals surface area (Å²) < 4.78 is 27.7. The smallest absolute Gasteiger partial charge is 0.254 e. The molecule has 0 N–H and O–H groups in total. The van der Waals surface area contributed by atoms with Crippen molar-refractivity contribution >= 4 is 0 Å². The molecule has 0 saturated carbocycles. The molecule has 3 aromatic carbocycles. The van der Waals surface area contributed by atoms with Gasteiger partial charge in [-0.3, -0.25) is 0 Å². The number of rotatable bonds is 8. The molecule has 0 spiro atoms. The Kier molecular flexibility index (Phi) is 5.80. The van der Waals surface area contributed by atoms with Crippen molar-refractivity contribution < 1.29 is 23.4 Å². The van der Waals surface area contributed by atoms with Gasteiger partial charge in [0, 0.05) is 5.56 Å². The third kappa shape index (κ3) is 4.52. The predicted octanol–water partition coefficient (Wildman–Crippen LogP) is 5.13. The van der Waals surface area contributed by atoms with E-state index in [9.17, 15) is 0 Å². The number of benzene rings is 3.